The molecule has 0 amide bonds. The topological polar surface area (TPSA) is 55.1 Å². The first-order valence-corrected chi connectivity index (χ1v) is 7.70. The van der Waals surface area contributed by atoms with E-state index in [2.05, 4.69) is 11.9 Å². The zero-order valence-corrected chi connectivity index (χ0v) is 12.5. The minimum Gasteiger partial charge on any atom is -0.493 e. The SMILES string of the molecule is CCCSc1nc(O)c(CC)c(=O)n1-c1ccccc1. The van der Waals surface area contributed by atoms with Gasteiger partial charge in [-0.05, 0) is 25.0 Å². The highest BCUT2D eigenvalue weighted by atomic mass is 32.2. The predicted octanol–water partition coefficient (Wildman–Crippen LogP) is 3.00. The number of hydrogen-bond donors (Lipinski definition) is 1. The van der Waals surface area contributed by atoms with Gasteiger partial charge in [-0.1, -0.05) is 43.8 Å². The molecule has 0 aliphatic carbocycles. The molecule has 2 rings (SSSR count). The van der Waals surface area contributed by atoms with Crippen molar-refractivity contribution in [3.63, 3.8) is 0 Å². The molecule has 0 spiro atoms. The monoisotopic (exact) mass is 290 g/mol. The van der Waals surface area contributed by atoms with E-state index < -0.39 is 0 Å². The summed E-state index contributed by atoms with van der Waals surface area (Å²) in [6, 6.07) is 9.41. The summed E-state index contributed by atoms with van der Waals surface area (Å²) in [5, 5.41) is 10.4. The Bertz CT molecular complexity index is 638. The summed E-state index contributed by atoms with van der Waals surface area (Å²) < 4.78 is 1.58. The molecule has 0 fully saturated rings. The van der Waals surface area contributed by atoms with Gasteiger partial charge in [-0.3, -0.25) is 9.36 Å². The molecule has 0 saturated carbocycles. The van der Waals surface area contributed by atoms with Crippen LogP contribution < -0.4 is 5.56 Å². The van der Waals surface area contributed by atoms with Gasteiger partial charge in [0.15, 0.2) is 5.16 Å². The Kier molecular flexibility index (Phi) is 4.84. The lowest BCUT2D eigenvalue weighted by molar-refractivity contribution is 0.432. The number of aromatic nitrogens is 2. The van der Waals surface area contributed by atoms with Crippen LogP contribution in [0.15, 0.2) is 40.3 Å². The number of nitrogens with zero attached hydrogens (tertiary/aromatic N) is 2. The zero-order chi connectivity index (χ0) is 14.5. The minimum absolute atomic E-state index is 0.150. The lowest BCUT2D eigenvalue weighted by Gasteiger charge is -2.13. The van der Waals surface area contributed by atoms with E-state index in [9.17, 15) is 9.90 Å². The number of aromatic hydroxyl groups is 1. The summed E-state index contributed by atoms with van der Waals surface area (Å²) in [5.41, 5.74) is 0.942. The van der Waals surface area contributed by atoms with Crippen molar-refractivity contribution in [3.05, 3.63) is 46.2 Å². The molecule has 0 aliphatic rings. The molecule has 0 bridgehead atoms. The highest BCUT2D eigenvalue weighted by molar-refractivity contribution is 7.99. The number of para-hydroxylation sites is 1. The van der Waals surface area contributed by atoms with Crippen LogP contribution in [0, 0.1) is 0 Å². The fourth-order valence-electron chi connectivity index (χ4n) is 1.93. The molecule has 20 heavy (non-hydrogen) atoms. The van der Waals surface area contributed by atoms with Crippen LogP contribution in [0.2, 0.25) is 0 Å². The molecule has 1 aromatic heterocycles. The van der Waals surface area contributed by atoms with Crippen molar-refractivity contribution in [2.24, 2.45) is 0 Å². The number of thioether (sulfide) groups is 1. The number of rotatable bonds is 5. The second-order valence-electron chi connectivity index (χ2n) is 4.37. The predicted molar refractivity (Wildman–Crippen MR) is 81.9 cm³/mol. The third-order valence-electron chi connectivity index (χ3n) is 2.93. The Morgan fingerprint density at radius 2 is 1.95 bits per heavy atom. The van der Waals surface area contributed by atoms with Gasteiger partial charge in [-0.2, -0.15) is 4.98 Å². The Labute approximate surface area is 122 Å². The fourth-order valence-corrected chi connectivity index (χ4v) is 2.78. The summed E-state index contributed by atoms with van der Waals surface area (Å²) >= 11 is 1.48. The number of benzene rings is 1. The van der Waals surface area contributed by atoms with Gasteiger partial charge in [0.2, 0.25) is 5.88 Å². The molecule has 1 heterocycles. The van der Waals surface area contributed by atoms with Gasteiger partial charge in [0, 0.05) is 5.75 Å². The van der Waals surface area contributed by atoms with Gasteiger partial charge < -0.3 is 5.11 Å². The molecule has 1 N–H and O–H groups in total. The van der Waals surface area contributed by atoms with E-state index in [1.165, 1.54) is 11.8 Å². The van der Waals surface area contributed by atoms with E-state index in [1.54, 1.807) is 4.57 Å². The third-order valence-corrected chi connectivity index (χ3v) is 4.07. The van der Waals surface area contributed by atoms with E-state index >= 15 is 0 Å². The van der Waals surface area contributed by atoms with E-state index in [0.29, 0.717) is 17.1 Å². The fraction of sp³-hybridized carbons (Fsp3) is 0.333. The first-order valence-electron chi connectivity index (χ1n) is 6.72. The van der Waals surface area contributed by atoms with Crippen molar-refractivity contribution in [2.45, 2.75) is 31.8 Å². The smallest absolute Gasteiger partial charge is 0.265 e. The molecule has 0 unspecified atom stereocenters. The van der Waals surface area contributed by atoms with Gasteiger partial charge in [-0.15, -0.1) is 0 Å². The molecule has 0 atom stereocenters. The minimum atomic E-state index is -0.190. The van der Waals surface area contributed by atoms with Crippen molar-refractivity contribution in [1.29, 1.82) is 0 Å². The summed E-state index contributed by atoms with van der Waals surface area (Å²) in [4.78, 5) is 16.8. The normalized spacial score (nSPS) is 10.7. The van der Waals surface area contributed by atoms with Crippen molar-refractivity contribution in [3.8, 4) is 11.6 Å². The summed E-state index contributed by atoms with van der Waals surface area (Å²) in [7, 11) is 0. The highest BCUT2D eigenvalue weighted by Gasteiger charge is 2.16. The Hall–Kier alpha value is -1.75. The molecule has 2 aromatic rings. The van der Waals surface area contributed by atoms with E-state index in [-0.39, 0.29) is 11.4 Å². The van der Waals surface area contributed by atoms with Crippen molar-refractivity contribution >= 4 is 11.8 Å². The van der Waals surface area contributed by atoms with Crippen LogP contribution in [0.3, 0.4) is 0 Å². The standard InChI is InChI=1S/C15H18N2O2S/c1-3-10-20-15-16-13(18)12(4-2)14(19)17(15)11-8-6-5-7-9-11/h5-9,18H,3-4,10H2,1-2H3. The van der Waals surface area contributed by atoms with Crippen LogP contribution in [-0.2, 0) is 6.42 Å². The molecule has 0 radical (unpaired) electrons. The Balaban J connectivity index is 2.65. The van der Waals surface area contributed by atoms with Gasteiger partial charge in [0.05, 0.1) is 11.3 Å². The summed E-state index contributed by atoms with van der Waals surface area (Å²) in [6.45, 7) is 3.91. The largest absolute Gasteiger partial charge is 0.493 e. The zero-order valence-electron chi connectivity index (χ0n) is 11.7. The van der Waals surface area contributed by atoms with Crippen molar-refractivity contribution < 1.29 is 5.11 Å². The second kappa shape index (κ2) is 6.61. The average Bonchev–Trinajstić information content (AvgIpc) is 2.46. The quantitative estimate of drug-likeness (QED) is 0.679. The molecule has 4 nitrogen and oxygen atoms in total. The first kappa shape index (κ1) is 14.7. The van der Waals surface area contributed by atoms with Crippen LogP contribution in [-0.4, -0.2) is 20.4 Å². The molecule has 1 aromatic carbocycles. The maximum Gasteiger partial charge on any atom is 0.265 e. The van der Waals surface area contributed by atoms with Gasteiger partial charge >= 0.3 is 0 Å². The van der Waals surface area contributed by atoms with Crippen LogP contribution >= 0.6 is 11.8 Å². The van der Waals surface area contributed by atoms with Gasteiger partial charge in [0.1, 0.15) is 0 Å². The average molecular weight is 290 g/mol. The lowest BCUT2D eigenvalue weighted by atomic mass is 10.2. The number of hydrogen-bond acceptors (Lipinski definition) is 4. The molecule has 0 aliphatic heterocycles. The van der Waals surface area contributed by atoms with Crippen LogP contribution in [0.1, 0.15) is 25.8 Å². The van der Waals surface area contributed by atoms with Crippen LogP contribution in [0.4, 0.5) is 0 Å². The van der Waals surface area contributed by atoms with Gasteiger partial charge in [0.25, 0.3) is 5.56 Å². The van der Waals surface area contributed by atoms with E-state index in [0.717, 1.165) is 17.9 Å². The van der Waals surface area contributed by atoms with Crippen molar-refractivity contribution in [1.82, 2.24) is 9.55 Å². The maximum absolute atomic E-state index is 12.6. The van der Waals surface area contributed by atoms with Gasteiger partial charge in [-0.25, -0.2) is 0 Å². The van der Waals surface area contributed by atoms with Crippen LogP contribution in [0.5, 0.6) is 5.88 Å². The Morgan fingerprint density at radius 1 is 1.25 bits per heavy atom. The molecular weight excluding hydrogens is 272 g/mol. The third kappa shape index (κ3) is 2.88. The summed E-state index contributed by atoms with van der Waals surface area (Å²) in [5.74, 6) is 0.702. The maximum atomic E-state index is 12.6. The van der Waals surface area contributed by atoms with E-state index in [1.807, 2.05) is 37.3 Å². The van der Waals surface area contributed by atoms with Crippen molar-refractivity contribution in [2.75, 3.05) is 5.75 Å². The molecule has 0 saturated heterocycles. The molecular formula is C15H18N2O2S. The lowest BCUT2D eigenvalue weighted by Crippen LogP contribution is -2.25. The Morgan fingerprint density at radius 3 is 2.55 bits per heavy atom. The first-order chi connectivity index (χ1) is 9.69. The molecule has 106 valence electrons. The summed E-state index contributed by atoms with van der Waals surface area (Å²) in [6.07, 6.45) is 1.44. The highest BCUT2D eigenvalue weighted by Crippen LogP contribution is 2.22. The van der Waals surface area contributed by atoms with Crippen LogP contribution in [0.25, 0.3) is 5.69 Å². The second-order valence-corrected chi connectivity index (χ2v) is 5.44. The van der Waals surface area contributed by atoms with E-state index in [4.69, 9.17) is 0 Å². The molecule has 5 heteroatoms.